The fourth-order valence-electron chi connectivity index (χ4n) is 1.91. The van der Waals surface area contributed by atoms with Gasteiger partial charge in [-0.3, -0.25) is 9.59 Å². The second-order valence-corrected chi connectivity index (χ2v) is 7.97. The number of hydrogen-bond donors (Lipinski definition) is 1. The topological polar surface area (TPSA) is 91.8 Å². The standard InChI is InChI=1S/C14H18BrNO5S/c1-2-6-22(20,21)10-13(17)16(9-14(18)19)8-11-4-3-5-12(15)7-11/h3-5,7H,2,6,8-10H2,1H3,(H,18,19). The Balaban J connectivity index is 2.88. The van der Waals surface area contributed by atoms with Gasteiger partial charge in [0.25, 0.3) is 0 Å². The summed E-state index contributed by atoms with van der Waals surface area (Å²) in [5.74, 6) is -2.63. The minimum atomic E-state index is -3.51. The Kier molecular flexibility index (Phi) is 7.02. The van der Waals surface area contributed by atoms with Crippen molar-refractivity contribution in [3.63, 3.8) is 0 Å². The molecule has 0 aromatic heterocycles. The molecule has 8 heteroatoms. The highest BCUT2D eigenvalue weighted by Crippen LogP contribution is 2.14. The lowest BCUT2D eigenvalue weighted by molar-refractivity contribution is -0.143. The predicted octanol–water partition coefficient (Wildman–Crippen LogP) is 1.69. The zero-order chi connectivity index (χ0) is 16.8. The van der Waals surface area contributed by atoms with E-state index in [4.69, 9.17) is 5.11 Å². The Hall–Kier alpha value is -1.41. The molecule has 0 fully saturated rings. The molecule has 0 saturated carbocycles. The van der Waals surface area contributed by atoms with Crippen molar-refractivity contribution in [3.05, 3.63) is 34.3 Å². The highest BCUT2D eigenvalue weighted by atomic mass is 79.9. The summed E-state index contributed by atoms with van der Waals surface area (Å²) in [5.41, 5.74) is 0.719. The maximum Gasteiger partial charge on any atom is 0.323 e. The van der Waals surface area contributed by atoms with Gasteiger partial charge in [-0.15, -0.1) is 0 Å². The van der Waals surface area contributed by atoms with Crippen LogP contribution >= 0.6 is 15.9 Å². The summed E-state index contributed by atoms with van der Waals surface area (Å²) >= 11 is 3.29. The van der Waals surface area contributed by atoms with Crippen LogP contribution in [0.3, 0.4) is 0 Å². The molecule has 0 saturated heterocycles. The molecule has 1 amide bonds. The van der Waals surface area contributed by atoms with Crippen LogP contribution in [-0.4, -0.2) is 48.4 Å². The molecular weight excluding hydrogens is 374 g/mol. The van der Waals surface area contributed by atoms with E-state index in [1.807, 2.05) is 0 Å². The lowest BCUT2D eigenvalue weighted by Crippen LogP contribution is -2.39. The zero-order valence-corrected chi connectivity index (χ0v) is 14.6. The molecule has 0 heterocycles. The number of rotatable bonds is 8. The summed E-state index contributed by atoms with van der Waals surface area (Å²) in [5, 5.41) is 8.91. The van der Waals surface area contributed by atoms with Gasteiger partial charge in [-0.25, -0.2) is 8.42 Å². The van der Waals surface area contributed by atoms with E-state index in [0.29, 0.717) is 6.42 Å². The van der Waals surface area contributed by atoms with E-state index in [1.54, 1.807) is 31.2 Å². The average Bonchev–Trinajstić information content (AvgIpc) is 2.36. The molecule has 0 aliphatic heterocycles. The zero-order valence-electron chi connectivity index (χ0n) is 12.2. The number of nitrogens with zero attached hydrogens (tertiary/aromatic N) is 1. The molecule has 1 N–H and O–H groups in total. The number of amides is 1. The molecule has 0 atom stereocenters. The van der Waals surface area contributed by atoms with Gasteiger partial charge < -0.3 is 10.0 Å². The van der Waals surface area contributed by atoms with Crippen LogP contribution in [0.5, 0.6) is 0 Å². The van der Waals surface area contributed by atoms with Gasteiger partial charge in [-0.1, -0.05) is 35.0 Å². The minimum Gasteiger partial charge on any atom is -0.480 e. The van der Waals surface area contributed by atoms with Crippen molar-refractivity contribution in [3.8, 4) is 0 Å². The molecule has 0 unspecified atom stereocenters. The first-order valence-electron chi connectivity index (χ1n) is 6.68. The molecule has 0 aliphatic rings. The van der Waals surface area contributed by atoms with Crippen LogP contribution in [0.4, 0.5) is 0 Å². The smallest absolute Gasteiger partial charge is 0.323 e. The molecule has 122 valence electrons. The number of carboxylic acids is 1. The molecular formula is C14H18BrNO5S. The molecule has 6 nitrogen and oxygen atoms in total. The highest BCUT2D eigenvalue weighted by Gasteiger charge is 2.23. The predicted molar refractivity (Wildman–Crippen MR) is 86.1 cm³/mol. The Bertz CT molecular complexity index is 644. The fraction of sp³-hybridized carbons (Fsp3) is 0.429. The molecule has 0 radical (unpaired) electrons. The van der Waals surface area contributed by atoms with Gasteiger partial charge in [-0.2, -0.15) is 0 Å². The van der Waals surface area contributed by atoms with Crippen LogP contribution in [0.2, 0.25) is 0 Å². The van der Waals surface area contributed by atoms with E-state index >= 15 is 0 Å². The van der Waals surface area contributed by atoms with E-state index in [9.17, 15) is 18.0 Å². The molecule has 1 aromatic rings. The van der Waals surface area contributed by atoms with E-state index in [-0.39, 0.29) is 12.3 Å². The lowest BCUT2D eigenvalue weighted by Gasteiger charge is -2.21. The van der Waals surface area contributed by atoms with Gasteiger partial charge in [-0.05, 0) is 24.1 Å². The number of halogens is 1. The second kappa shape index (κ2) is 8.28. The fourth-order valence-corrected chi connectivity index (χ4v) is 3.69. The van der Waals surface area contributed by atoms with Crippen LogP contribution in [0, 0.1) is 0 Å². The Labute approximate surface area is 138 Å². The van der Waals surface area contributed by atoms with Gasteiger partial charge in [0, 0.05) is 11.0 Å². The molecule has 0 aliphatic carbocycles. The Morgan fingerprint density at radius 3 is 2.55 bits per heavy atom. The van der Waals surface area contributed by atoms with Gasteiger partial charge in [0.2, 0.25) is 5.91 Å². The molecule has 1 aromatic carbocycles. The number of carbonyl (C=O) groups is 2. The molecule has 0 bridgehead atoms. The number of aliphatic carboxylic acids is 1. The van der Waals surface area contributed by atoms with Crippen LogP contribution in [0.15, 0.2) is 28.7 Å². The highest BCUT2D eigenvalue weighted by molar-refractivity contribution is 9.10. The van der Waals surface area contributed by atoms with E-state index in [1.165, 1.54) is 0 Å². The van der Waals surface area contributed by atoms with Gasteiger partial charge >= 0.3 is 5.97 Å². The van der Waals surface area contributed by atoms with Gasteiger partial charge in [0.1, 0.15) is 12.3 Å². The molecule has 0 spiro atoms. The maximum atomic E-state index is 12.1. The van der Waals surface area contributed by atoms with Crippen LogP contribution < -0.4 is 0 Å². The van der Waals surface area contributed by atoms with Gasteiger partial charge in [0.15, 0.2) is 9.84 Å². The van der Waals surface area contributed by atoms with Crippen molar-refractivity contribution < 1.29 is 23.1 Å². The summed E-state index contributed by atoms with van der Waals surface area (Å²) < 4.78 is 24.3. The third-order valence-corrected chi connectivity index (χ3v) is 5.01. The van der Waals surface area contributed by atoms with Crippen molar-refractivity contribution in [2.45, 2.75) is 19.9 Å². The largest absolute Gasteiger partial charge is 0.480 e. The van der Waals surface area contributed by atoms with Crippen LogP contribution in [0.25, 0.3) is 0 Å². The Morgan fingerprint density at radius 1 is 1.32 bits per heavy atom. The van der Waals surface area contributed by atoms with Crippen molar-refractivity contribution >= 4 is 37.6 Å². The number of carbonyl (C=O) groups excluding carboxylic acids is 1. The van der Waals surface area contributed by atoms with E-state index in [2.05, 4.69) is 15.9 Å². The second-order valence-electron chi connectivity index (χ2n) is 4.87. The van der Waals surface area contributed by atoms with Gasteiger partial charge in [0.05, 0.1) is 5.75 Å². The number of carboxylic acid groups (broad SMARTS) is 1. The summed E-state index contributed by atoms with van der Waals surface area (Å²) in [6, 6.07) is 7.06. The quantitative estimate of drug-likeness (QED) is 0.727. The summed E-state index contributed by atoms with van der Waals surface area (Å²) in [6.45, 7) is 1.22. The SMILES string of the molecule is CCCS(=O)(=O)CC(=O)N(CC(=O)O)Cc1cccc(Br)c1. The third-order valence-electron chi connectivity index (χ3n) is 2.80. The number of hydrogen-bond acceptors (Lipinski definition) is 4. The lowest BCUT2D eigenvalue weighted by atomic mass is 10.2. The summed E-state index contributed by atoms with van der Waals surface area (Å²) in [4.78, 5) is 24.1. The van der Waals surface area contributed by atoms with Crippen molar-refractivity contribution in [2.24, 2.45) is 0 Å². The Morgan fingerprint density at radius 2 is 2.00 bits per heavy atom. The van der Waals surface area contributed by atoms with Crippen molar-refractivity contribution in [1.29, 1.82) is 0 Å². The van der Waals surface area contributed by atoms with Crippen LogP contribution in [-0.2, 0) is 26.0 Å². The number of sulfone groups is 1. The third kappa shape index (κ3) is 6.57. The number of benzene rings is 1. The maximum absolute atomic E-state index is 12.1. The molecule has 1 rings (SSSR count). The van der Waals surface area contributed by atoms with Crippen LogP contribution in [0.1, 0.15) is 18.9 Å². The van der Waals surface area contributed by atoms with E-state index in [0.717, 1.165) is 14.9 Å². The minimum absolute atomic E-state index is 0.0478. The van der Waals surface area contributed by atoms with E-state index < -0.39 is 34.0 Å². The first-order chi connectivity index (χ1) is 10.2. The van der Waals surface area contributed by atoms with Crippen molar-refractivity contribution in [1.82, 2.24) is 4.90 Å². The monoisotopic (exact) mass is 391 g/mol. The average molecular weight is 392 g/mol. The van der Waals surface area contributed by atoms with Crippen molar-refractivity contribution in [2.75, 3.05) is 18.1 Å². The first kappa shape index (κ1) is 18.6. The summed E-state index contributed by atoms with van der Waals surface area (Å²) in [6.07, 6.45) is 0.417. The first-order valence-corrected chi connectivity index (χ1v) is 9.29. The normalized spacial score (nSPS) is 11.2. The molecule has 22 heavy (non-hydrogen) atoms. The summed E-state index contributed by atoms with van der Waals surface area (Å²) in [7, 11) is -3.51.